The summed E-state index contributed by atoms with van der Waals surface area (Å²) in [5.74, 6) is 4.55. The maximum atomic E-state index is 3.37. The van der Waals surface area contributed by atoms with Gasteiger partial charge in [0.25, 0.3) is 0 Å². The fourth-order valence-corrected chi connectivity index (χ4v) is 3.17. The maximum absolute atomic E-state index is 3.37. The lowest BCUT2D eigenvalue weighted by molar-refractivity contribution is 0.173. The summed E-state index contributed by atoms with van der Waals surface area (Å²) < 4.78 is 0. The monoisotopic (exact) mass is 214 g/mol. The molecule has 0 aromatic heterocycles. The van der Waals surface area contributed by atoms with E-state index in [1.54, 1.807) is 0 Å². The predicted octanol–water partition coefficient (Wildman–Crippen LogP) is 1.28. The van der Waals surface area contributed by atoms with Crippen molar-refractivity contribution < 1.29 is 0 Å². The highest BCUT2D eigenvalue weighted by Gasteiger charge is 2.25. The number of nitrogens with one attached hydrogen (secondary N) is 1. The molecule has 3 heteroatoms. The molecule has 2 nitrogen and oxygen atoms in total. The number of thioether (sulfide) groups is 1. The van der Waals surface area contributed by atoms with Gasteiger partial charge in [-0.3, -0.25) is 0 Å². The van der Waals surface area contributed by atoms with Gasteiger partial charge in [-0.2, -0.15) is 11.8 Å². The Kier molecular flexibility index (Phi) is 4.14. The van der Waals surface area contributed by atoms with E-state index >= 15 is 0 Å². The fraction of sp³-hybridized carbons (Fsp3) is 1.00. The van der Waals surface area contributed by atoms with Crippen LogP contribution in [0.3, 0.4) is 0 Å². The molecule has 14 heavy (non-hydrogen) atoms. The molecule has 2 fully saturated rings. The Morgan fingerprint density at radius 2 is 2.21 bits per heavy atom. The number of hydrogen-bond acceptors (Lipinski definition) is 3. The van der Waals surface area contributed by atoms with Crippen LogP contribution in [0.1, 0.15) is 13.3 Å². The first kappa shape index (κ1) is 10.8. The van der Waals surface area contributed by atoms with Crippen LogP contribution in [-0.4, -0.2) is 49.1 Å². The van der Waals surface area contributed by atoms with E-state index in [1.807, 2.05) is 0 Å². The highest BCUT2D eigenvalue weighted by atomic mass is 32.2. The Morgan fingerprint density at radius 3 is 2.93 bits per heavy atom. The van der Waals surface area contributed by atoms with E-state index in [-0.39, 0.29) is 0 Å². The van der Waals surface area contributed by atoms with Crippen LogP contribution in [0.5, 0.6) is 0 Å². The van der Waals surface area contributed by atoms with Crippen molar-refractivity contribution in [3.8, 4) is 0 Å². The summed E-state index contributed by atoms with van der Waals surface area (Å²) in [5.41, 5.74) is 0. The number of hydrogen-bond donors (Lipinski definition) is 1. The quantitative estimate of drug-likeness (QED) is 0.762. The van der Waals surface area contributed by atoms with Crippen molar-refractivity contribution in [2.24, 2.45) is 11.8 Å². The zero-order valence-corrected chi connectivity index (χ0v) is 9.98. The largest absolute Gasteiger partial charge is 0.316 e. The zero-order valence-electron chi connectivity index (χ0n) is 9.17. The highest BCUT2D eigenvalue weighted by molar-refractivity contribution is 7.99. The van der Waals surface area contributed by atoms with Crippen LogP contribution in [0.25, 0.3) is 0 Å². The van der Waals surface area contributed by atoms with Crippen LogP contribution >= 0.6 is 11.8 Å². The molecule has 2 saturated heterocycles. The molecule has 82 valence electrons. The van der Waals surface area contributed by atoms with Crippen molar-refractivity contribution in [2.75, 3.05) is 44.2 Å². The maximum Gasteiger partial charge on any atom is 0.00725 e. The van der Waals surface area contributed by atoms with Crippen LogP contribution in [0.15, 0.2) is 0 Å². The summed E-state index contributed by atoms with van der Waals surface area (Å²) in [6, 6.07) is 0. The molecule has 2 aliphatic heterocycles. The van der Waals surface area contributed by atoms with Gasteiger partial charge >= 0.3 is 0 Å². The van der Waals surface area contributed by atoms with Gasteiger partial charge in [-0.05, 0) is 43.6 Å². The van der Waals surface area contributed by atoms with Gasteiger partial charge in [0.2, 0.25) is 0 Å². The van der Waals surface area contributed by atoms with Crippen molar-refractivity contribution in [2.45, 2.75) is 13.3 Å². The van der Waals surface area contributed by atoms with Gasteiger partial charge in [0.1, 0.15) is 0 Å². The fourth-order valence-electron chi connectivity index (χ4n) is 2.25. The molecule has 0 aromatic carbocycles. The minimum absolute atomic E-state index is 0.888. The van der Waals surface area contributed by atoms with E-state index < -0.39 is 0 Å². The Morgan fingerprint density at radius 1 is 1.36 bits per heavy atom. The van der Waals surface area contributed by atoms with E-state index in [0.29, 0.717) is 0 Å². The highest BCUT2D eigenvalue weighted by Crippen LogP contribution is 2.18. The lowest BCUT2D eigenvalue weighted by Gasteiger charge is -2.35. The van der Waals surface area contributed by atoms with Crippen LogP contribution in [0.4, 0.5) is 0 Å². The SMILES string of the molecule is CC(CN1CCCSCC1)C1CNC1. The molecule has 1 unspecified atom stereocenters. The van der Waals surface area contributed by atoms with Crippen LogP contribution < -0.4 is 5.32 Å². The van der Waals surface area contributed by atoms with Crippen molar-refractivity contribution in [3.63, 3.8) is 0 Å². The average Bonchev–Trinajstić information content (AvgIpc) is 2.29. The Labute approximate surface area is 91.8 Å². The summed E-state index contributed by atoms with van der Waals surface area (Å²) in [4.78, 5) is 2.67. The minimum Gasteiger partial charge on any atom is -0.316 e. The molecule has 2 rings (SSSR count). The Balaban J connectivity index is 1.71. The molecular weight excluding hydrogens is 192 g/mol. The molecule has 2 aliphatic rings. The first-order valence-corrected chi connectivity index (χ1v) is 7.02. The topological polar surface area (TPSA) is 15.3 Å². The van der Waals surface area contributed by atoms with Gasteiger partial charge in [0, 0.05) is 18.8 Å². The van der Waals surface area contributed by atoms with Crippen molar-refractivity contribution in [1.82, 2.24) is 10.2 Å². The summed E-state index contributed by atoms with van der Waals surface area (Å²) in [7, 11) is 0. The summed E-state index contributed by atoms with van der Waals surface area (Å²) in [5, 5.41) is 3.37. The number of nitrogens with zero attached hydrogens (tertiary/aromatic N) is 1. The van der Waals surface area contributed by atoms with Gasteiger partial charge < -0.3 is 10.2 Å². The van der Waals surface area contributed by atoms with E-state index in [0.717, 1.165) is 11.8 Å². The summed E-state index contributed by atoms with van der Waals surface area (Å²) in [6.07, 6.45) is 1.39. The predicted molar refractivity (Wildman–Crippen MR) is 63.9 cm³/mol. The normalized spacial score (nSPS) is 28.1. The van der Waals surface area contributed by atoms with Crippen LogP contribution in [0, 0.1) is 11.8 Å². The summed E-state index contributed by atoms with van der Waals surface area (Å²) in [6.45, 7) is 8.90. The van der Waals surface area contributed by atoms with Crippen LogP contribution in [-0.2, 0) is 0 Å². The van der Waals surface area contributed by atoms with E-state index in [9.17, 15) is 0 Å². The van der Waals surface area contributed by atoms with Gasteiger partial charge in [-0.25, -0.2) is 0 Å². The molecule has 2 heterocycles. The average molecular weight is 214 g/mol. The molecular formula is C11H22N2S. The third kappa shape index (κ3) is 2.88. The van der Waals surface area contributed by atoms with Gasteiger partial charge in [-0.15, -0.1) is 0 Å². The molecule has 0 saturated carbocycles. The first-order valence-electron chi connectivity index (χ1n) is 5.87. The third-order valence-electron chi connectivity index (χ3n) is 3.48. The van der Waals surface area contributed by atoms with Gasteiger partial charge in [0.15, 0.2) is 0 Å². The Bertz CT molecular complexity index is 163. The summed E-state index contributed by atoms with van der Waals surface area (Å²) >= 11 is 2.12. The van der Waals surface area contributed by atoms with Crippen molar-refractivity contribution in [3.05, 3.63) is 0 Å². The molecule has 0 spiro atoms. The second kappa shape index (κ2) is 5.38. The lowest BCUT2D eigenvalue weighted by Crippen LogP contribution is -2.48. The third-order valence-corrected chi connectivity index (χ3v) is 4.53. The number of rotatable bonds is 3. The second-order valence-electron chi connectivity index (χ2n) is 4.66. The Hall–Kier alpha value is 0.270. The molecule has 0 aliphatic carbocycles. The van der Waals surface area contributed by atoms with Crippen molar-refractivity contribution >= 4 is 11.8 Å². The van der Waals surface area contributed by atoms with E-state index in [1.165, 1.54) is 50.7 Å². The minimum atomic E-state index is 0.888. The van der Waals surface area contributed by atoms with Crippen LogP contribution in [0.2, 0.25) is 0 Å². The van der Waals surface area contributed by atoms with E-state index in [4.69, 9.17) is 0 Å². The van der Waals surface area contributed by atoms with Gasteiger partial charge in [-0.1, -0.05) is 6.92 Å². The standard InChI is InChI=1S/C11H22N2S/c1-10(11-7-12-8-11)9-13-3-2-5-14-6-4-13/h10-12H,2-9H2,1H3. The smallest absolute Gasteiger partial charge is 0.00725 e. The van der Waals surface area contributed by atoms with Crippen molar-refractivity contribution in [1.29, 1.82) is 0 Å². The molecule has 1 atom stereocenters. The second-order valence-corrected chi connectivity index (χ2v) is 5.89. The molecule has 0 amide bonds. The lowest BCUT2D eigenvalue weighted by atomic mass is 9.88. The molecule has 1 N–H and O–H groups in total. The van der Waals surface area contributed by atoms with E-state index in [2.05, 4.69) is 28.9 Å². The molecule has 0 radical (unpaired) electrons. The molecule has 0 aromatic rings. The molecule has 0 bridgehead atoms. The van der Waals surface area contributed by atoms with Gasteiger partial charge in [0.05, 0.1) is 0 Å². The first-order chi connectivity index (χ1) is 6.86. The zero-order chi connectivity index (χ0) is 9.80.